The number of hydrogen-bond donors (Lipinski definition) is 1. The summed E-state index contributed by atoms with van der Waals surface area (Å²) >= 11 is 0. The Morgan fingerprint density at radius 3 is 3.00 bits per heavy atom. The molecule has 1 aliphatic rings. The molecular formula is C15H19N5O. The molecule has 6 nitrogen and oxygen atoms in total. The minimum atomic E-state index is -0.207. The first-order valence-electron chi connectivity index (χ1n) is 7.07. The molecule has 6 heteroatoms. The number of piperazine rings is 1. The number of anilines is 1. The molecule has 1 amide bonds. The second kappa shape index (κ2) is 5.65. The van der Waals surface area contributed by atoms with Crippen LogP contribution in [0.5, 0.6) is 0 Å². The van der Waals surface area contributed by atoms with Crippen LogP contribution in [-0.4, -0.2) is 60.8 Å². The lowest BCUT2D eigenvalue weighted by molar-refractivity contribution is -0.130. The van der Waals surface area contributed by atoms with Gasteiger partial charge in [0.2, 0.25) is 5.91 Å². The van der Waals surface area contributed by atoms with Gasteiger partial charge >= 0.3 is 0 Å². The summed E-state index contributed by atoms with van der Waals surface area (Å²) in [6.07, 6.45) is 1.75. The standard InChI is InChI=1S/C15H19N5O/c1-19(2)15(21)14-9-16-7-8-20(14)13-10-17-18-12-6-4-3-5-11(12)13/h3-6,10,14,16H,7-9H2,1-2H3. The van der Waals surface area contributed by atoms with Crippen molar-refractivity contribution in [1.29, 1.82) is 0 Å². The first kappa shape index (κ1) is 13.8. The van der Waals surface area contributed by atoms with Crippen LogP contribution in [0.25, 0.3) is 10.9 Å². The monoisotopic (exact) mass is 285 g/mol. The highest BCUT2D eigenvalue weighted by Gasteiger charge is 2.30. The van der Waals surface area contributed by atoms with E-state index in [-0.39, 0.29) is 11.9 Å². The zero-order chi connectivity index (χ0) is 14.8. The molecule has 2 aromatic rings. The fraction of sp³-hybridized carbons (Fsp3) is 0.400. The molecule has 0 aliphatic carbocycles. The lowest BCUT2D eigenvalue weighted by Gasteiger charge is -2.38. The van der Waals surface area contributed by atoms with Crippen molar-refractivity contribution in [3.63, 3.8) is 0 Å². The molecule has 1 unspecified atom stereocenters. The Labute approximate surface area is 123 Å². The molecule has 21 heavy (non-hydrogen) atoms. The van der Waals surface area contributed by atoms with E-state index >= 15 is 0 Å². The lowest BCUT2D eigenvalue weighted by Crippen LogP contribution is -2.58. The Hall–Kier alpha value is -2.21. The second-order valence-electron chi connectivity index (χ2n) is 5.39. The number of carbonyl (C=O) groups excluding carboxylic acids is 1. The molecule has 1 fully saturated rings. The molecule has 1 saturated heterocycles. The highest BCUT2D eigenvalue weighted by Crippen LogP contribution is 2.26. The predicted octanol–water partition coefficient (Wildman–Crippen LogP) is 0.496. The molecule has 1 aromatic heterocycles. The maximum absolute atomic E-state index is 12.4. The Bertz CT molecular complexity index is 652. The van der Waals surface area contributed by atoms with Crippen LogP contribution in [0.15, 0.2) is 30.5 Å². The molecular weight excluding hydrogens is 266 g/mol. The highest BCUT2D eigenvalue weighted by atomic mass is 16.2. The number of likely N-dealkylation sites (N-methyl/N-ethyl adjacent to an activating group) is 1. The minimum Gasteiger partial charge on any atom is -0.355 e. The van der Waals surface area contributed by atoms with E-state index in [1.165, 1.54) is 0 Å². The van der Waals surface area contributed by atoms with E-state index < -0.39 is 0 Å². The maximum atomic E-state index is 12.4. The fourth-order valence-electron chi connectivity index (χ4n) is 2.73. The number of hydrogen-bond acceptors (Lipinski definition) is 5. The molecule has 0 radical (unpaired) electrons. The number of rotatable bonds is 2. The third-order valence-electron chi connectivity index (χ3n) is 3.80. The van der Waals surface area contributed by atoms with Gasteiger partial charge in [-0.25, -0.2) is 0 Å². The van der Waals surface area contributed by atoms with Crippen LogP contribution in [0.4, 0.5) is 5.69 Å². The smallest absolute Gasteiger partial charge is 0.246 e. The Kier molecular flexibility index (Phi) is 3.70. The Balaban J connectivity index is 2.04. The van der Waals surface area contributed by atoms with Crippen LogP contribution in [0.3, 0.4) is 0 Å². The summed E-state index contributed by atoms with van der Waals surface area (Å²) in [5.74, 6) is 0.100. The highest BCUT2D eigenvalue weighted by molar-refractivity contribution is 5.94. The van der Waals surface area contributed by atoms with Crippen molar-refractivity contribution in [2.24, 2.45) is 0 Å². The molecule has 0 bridgehead atoms. The number of carbonyl (C=O) groups is 1. The second-order valence-corrected chi connectivity index (χ2v) is 5.39. The first-order chi connectivity index (χ1) is 10.2. The lowest BCUT2D eigenvalue weighted by atomic mass is 10.1. The van der Waals surface area contributed by atoms with Gasteiger partial charge in [0.05, 0.1) is 17.4 Å². The van der Waals surface area contributed by atoms with E-state index in [1.807, 2.05) is 24.3 Å². The van der Waals surface area contributed by atoms with E-state index in [0.29, 0.717) is 6.54 Å². The quantitative estimate of drug-likeness (QED) is 0.870. The third kappa shape index (κ3) is 2.54. The third-order valence-corrected chi connectivity index (χ3v) is 3.80. The zero-order valence-corrected chi connectivity index (χ0v) is 12.3. The average Bonchev–Trinajstić information content (AvgIpc) is 2.53. The average molecular weight is 285 g/mol. The molecule has 1 aromatic carbocycles. The fourth-order valence-corrected chi connectivity index (χ4v) is 2.73. The van der Waals surface area contributed by atoms with Crippen molar-refractivity contribution in [2.45, 2.75) is 6.04 Å². The number of fused-ring (bicyclic) bond motifs is 1. The summed E-state index contributed by atoms with van der Waals surface area (Å²) in [5, 5.41) is 12.6. The Morgan fingerprint density at radius 2 is 2.19 bits per heavy atom. The molecule has 3 rings (SSSR count). The number of nitrogens with zero attached hydrogens (tertiary/aromatic N) is 4. The van der Waals surface area contributed by atoms with E-state index in [1.54, 1.807) is 25.2 Å². The predicted molar refractivity (Wildman–Crippen MR) is 82.2 cm³/mol. The molecule has 0 spiro atoms. The van der Waals surface area contributed by atoms with Crippen molar-refractivity contribution in [3.05, 3.63) is 30.5 Å². The summed E-state index contributed by atoms with van der Waals surface area (Å²) in [6.45, 7) is 2.28. The molecule has 2 heterocycles. The number of benzene rings is 1. The van der Waals surface area contributed by atoms with Crippen LogP contribution in [0.1, 0.15) is 0 Å². The van der Waals surface area contributed by atoms with Gasteiger partial charge in [-0.3, -0.25) is 4.79 Å². The van der Waals surface area contributed by atoms with Gasteiger partial charge in [-0.05, 0) is 6.07 Å². The largest absolute Gasteiger partial charge is 0.355 e. The van der Waals surface area contributed by atoms with Gasteiger partial charge in [0, 0.05) is 39.1 Å². The van der Waals surface area contributed by atoms with Gasteiger partial charge in [0.15, 0.2) is 0 Å². The van der Waals surface area contributed by atoms with E-state index in [4.69, 9.17) is 0 Å². The summed E-state index contributed by atoms with van der Waals surface area (Å²) in [4.78, 5) is 16.2. The van der Waals surface area contributed by atoms with Gasteiger partial charge in [-0.2, -0.15) is 10.2 Å². The van der Waals surface area contributed by atoms with Crippen LogP contribution in [0, 0.1) is 0 Å². The molecule has 1 N–H and O–H groups in total. The maximum Gasteiger partial charge on any atom is 0.246 e. The summed E-state index contributed by atoms with van der Waals surface area (Å²) in [5.41, 5.74) is 1.83. The minimum absolute atomic E-state index is 0.100. The van der Waals surface area contributed by atoms with Gasteiger partial charge in [-0.15, -0.1) is 0 Å². The van der Waals surface area contributed by atoms with E-state index in [0.717, 1.165) is 29.7 Å². The summed E-state index contributed by atoms with van der Waals surface area (Å²) < 4.78 is 0. The molecule has 1 atom stereocenters. The summed E-state index contributed by atoms with van der Waals surface area (Å²) in [7, 11) is 3.58. The van der Waals surface area contributed by atoms with Gasteiger partial charge in [-0.1, -0.05) is 18.2 Å². The van der Waals surface area contributed by atoms with Crippen molar-refractivity contribution < 1.29 is 4.79 Å². The van der Waals surface area contributed by atoms with E-state index in [2.05, 4.69) is 20.4 Å². The van der Waals surface area contributed by atoms with Gasteiger partial charge in [0.1, 0.15) is 6.04 Å². The number of aromatic nitrogens is 2. The zero-order valence-electron chi connectivity index (χ0n) is 12.3. The normalized spacial score (nSPS) is 18.8. The van der Waals surface area contributed by atoms with Crippen molar-refractivity contribution >= 4 is 22.5 Å². The van der Waals surface area contributed by atoms with Crippen LogP contribution in [0.2, 0.25) is 0 Å². The first-order valence-corrected chi connectivity index (χ1v) is 7.07. The molecule has 110 valence electrons. The van der Waals surface area contributed by atoms with Crippen LogP contribution < -0.4 is 10.2 Å². The summed E-state index contributed by atoms with van der Waals surface area (Å²) in [6, 6.07) is 7.69. The van der Waals surface area contributed by atoms with Crippen LogP contribution in [-0.2, 0) is 4.79 Å². The van der Waals surface area contributed by atoms with Crippen molar-refractivity contribution in [2.75, 3.05) is 38.6 Å². The Morgan fingerprint density at radius 1 is 1.38 bits per heavy atom. The van der Waals surface area contributed by atoms with Crippen molar-refractivity contribution in [3.8, 4) is 0 Å². The van der Waals surface area contributed by atoms with Gasteiger partial charge < -0.3 is 15.1 Å². The van der Waals surface area contributed by atoms with Crippen molar-refractivity contribution in [1.82, 2.24) is 20.4 Å². The topological polar surface area (TPSA) is 61.4 Å². The number of nitrogens with one attached hydrogen (secondary N) is 1. The van der Waals surface area contributed by atoms with E-state index in [9.17, 15) is 4.79 Å². The number of amides is 1. The SMILES string of the molecule is CN(C)C(=O)C1CNCCN1c1cnnc2ccccc12. The molecule has 0 saturated carbocycles. The molecule has 1 aliphatic heterocycles. The van der Waals surface area contributed by atoms with Crippen LogP contribution >= 0.6 is 0 Å². The van der Waals surface area contributed by atoms with Gasteiger partial charge in [0.25, 0.3) is 0 Å².